The highest BCUT2D eigenvalue weighted by Gasteiger charge is 2.27. The number of anilines is 1. The van der Waals surface area contributed by atoms with Gasteiger partial charge in [0.25, 0.3) is 0 Å². The van der Waals surface area contributed by atoms with Crippen molar-refractivity contribution < 1.29 is 4.74 Å². The maximum atomic E-state index is 6.51. The molecule has 1 aliphatic heterocycles. The first-order valence-electron chi connectivity index (χ1n) is 9.82. The van der Waals surface area contributed by atoms with Gasteiger partial charge in [-0.1, -0.05) is 35.4 Å². The molecule has 2 unspecified atom stereocenters. The van der Waals surface area contributed by atoms with Crippen LogP contribution in [0.4, 0.5) is 5.95 Å². The zero-order valence-corrected chi connectivity index (χ0v) is 17.4. The van der Waals surface area contributed by atoms with Gasteiger partial charge in [0.05, 0.1) is 22.7 Å². The fourth-order valence-electron chi connectivity index (χ4n) is 4.10. The van der Waals surface area contributed by atoms with E-state index in [0.29, 0.717) is 10.8 Å². The lowest BCUT2D eigenvalue weighted by Gasteiger charge is -2.36. The van der Waals surface area contributed by atoms with Gasteiger partial charge in [-0.3, -0.25) is 0 Å². The molecule has 7 heteroatoms. The van der Waals surface area contributed by atoms with Gasteiger partial charge in [0, 0.05) is 24.0 Å². The second-order valence-corrected chi connectivity index (χ2v) is 8.16. The minimum atomic E-state index is 0.115. The molecule has 0 aliphatic carbocycles. The summed E-state index contributed by atoms with van der Waals surface area (Å²) in [6, 6.07) is 13.9. The molecule has 0 bridgehead atoms. The highest BCUT2D eigenvalue weighted by Crippen LogP contribution is 2.32. The van der Waals surface area contributed by atoms with Crippen molar-refractivity contribution in [1.29, 1.82) is 0 Å². The molecule has 4 aromatic rings. The largest absolute Gasteiger partial charge is 0.372 e. The maximum absolute atomic E-state index is 6.51. The van der Waals surface area contributed by atoms with Gasteiger partial charge in [-0.15, -0.1) is 10.2 Å². The van der Waals surface area contributed by atoms with Crippen LogP contribution < -0.4 is 4.90 Å². The van der Waals surface area contributed by atoms with E-state index in [1.807, 2.05) is 34.7 Å². The monoisotopic (exact) mass is 407 g/mol. The van der Waals surface area contributed by atoms with Gasteiger partial charge in [0.2, 0.25) is 5.95 Å². The summed E-state index contributed by atoms with van der Waals surface area (Å²) >= 11 is 6.51. The third-order valence-electron chi connectivity index (χ3n) is 5.29. The van der Waals surface area contributed by atoms with Gasteiger partial charge in [-0.2, -0.15) is 0 Å². The highest BCUT2D eigenvalue weighted by atomic mass is 35.5. The minimum absolute atomic E-state index is 0.115. The number of aryl methyl sites for hydroxylation is 1. The topological polar surface area (TPSA) is 55.6 Å². The first-order chi connectivity index (χ1) is 14.0. The lowest BCUT2D eigenvalue weighted by Crippen LogP contribution is -2.46. The van der Waals surface area contributed by atoms with Crippen molar-refractivity contribution in [1.82, 2.24) is 19.6 Å². The number of aromatic nitrogens is 4. The minimum Gasteiger partial charge on any atom is -0.372 e. The lowest BCUT2D eigenvalue weighted by atomic mass is 10.1. The summed E-state index contributed by atoms with van der Waals surface area (Å²) in [5.41, 5.74) is 3.69. The Balaban J connectivity index is 1.83. The molecule has 2 atom stereocenters. The van der Waals surface area contributed by atoms with Gasteiger partial charge in [-0.25, -0.2) is 9.38 Å². The Bertz CT molecular complexity index is 1210. The van der Waals surface area contributed by atoms with Crippen LogP contribution in [0.3, 0.4) is 0 Å². The maximum Gasteiger partial charge on any atom is 0.213 e. The fraction of sp³-hybridized carbons (Fsp3) is 0.318. The molecule has 2 aromatic heterocycles. The molecule has 0 radical (unpaired) electrons. The average Bonchev–Trinajstić information content (AvgIpc) is 3.12. The standard InChI is InChI=1S/C22H22ClN5O/c1-13-8-9-19-17(10-13)21-26-25-20(16-6-4-5-7-18(16)23)28(21)22(24-19)27-11-14(2)29-15(3)12-27/h4-10,14-15H,11-12H2,1-3H3. The van der Waals surface area contributed by atoms with E-state index in [9.17, 15) is 0 Å². The van der Waals surface area contributed by atoms with Crippen molar-refractivity contribution in [3.05, 3.63) is 53.1 Å². The first kappa shape index (κ1) is 18.3. The molecule has 1 saturated heterocycles. The molecular weight excluding hydrogens is 386 g/mol. The summed E-state index contributed by atoms with van der Waals surface area (Å²) in [6.07, 6.45) is 0.231. The second kappa shape index (κ2) is 6.97. The van der Waals surface area contributed by atoms with Crippen molar-refractivity contribution in [2.24, 2.45) is 0 Å². The molecule has 29 heavy (non-hydrogen) atoms. The molecule has 0 amide bonds. The van der Waals surface area contributed by atoms with Gasteiger partial charge in [0.15, 0.2) is 11.5 Å². The van der Waals surface area contributed by atoms with Crippen molar-refractivity contribution in [3.63, 3.8) is 0 Å². The van der Waals surface area contributed by atoms with Crippen LogP contribution in [0.1, 0.15) is 19.4 Å². The quantitative estimate of drug-likeness (QED) is 0.489. The summed E-state index contributed by atoms with van der Waals surface area (Å²) < 4.78 is 7.97. The molecule has 2 aromatic carbocycles. The first-order valence-corrected chi connectivity index (χ1v) is 10.2. The van der Waals surface area contributed by atoms with Crippen molar-refractivity contribution in [3.8, 4) is 11.4 Å². The number of fused-ring (bicyclic) bond motifs is 3. The van der Waals surface area contributed by atoms with E-state index >= 15 is 0 Å². The number of rotatable bonds is 2. The SMILES string of the molecule is Cc1ccc2nc(N3CC(C)OC(C)C3)n3c(-c4ccccc4Cl)nnc3c2c1. The number of hydrogen-bond donors (Lipinski definition) is 0. The van der Waals surface area contributed by atoms with Gasteiger partial charge >= 0.3 is 0 Å². The van der Waals surface area contributed by atoms with Crippen molar-refractivity contribution >= 4 is 34.1 Å². The second-order valence-electron chi connectivity index (χ2n) is 7.76. The third-order valence-corrected chi connectivity index (χ3v) is 5.62. The number of halogens is 1. The van der Waals surface area contributed by atoms with E-state index in [1.165, 1.54) is 0 Å². The number of ether oxygens (including phenoxy) is 1. The molecule has 0 N–H and O–H groups in total. The Morgan fingerprint density at radius 1 is 1.03 bits per heavy atom. The average molecular weight is 408 g/mol. The van der Waals surface area contributed by atoms with Crippen LogP contribution in [0.2, 0.25) is 5.02 Å². The lowest BCUT2D eigenvalue weighted by molar-refractivity contribution is -0.00576. The van der Waals surface area contributed by atoms with Crippen molar-refractivity contribution in [2.75, 3.05) is 18.0 Å². The Labute approximate surface area is 174 Å². The predicted octanol–water partition coefficient (Wildman–Crippen LogP) is 4.52. The predicted molar refractivity (Wildman–Crippen MR) is 116 cm³/mol. The highest BCUT2D eigenvalue weighted by molar-refractivity contribution is 6.33. The van der Waals surface area contributed by atoms with Crippen LogP contribution in [0.25, 0.3) is 27.9 Å². The smallest absolute Gasteiger partial charge is 0.213 e. The molecular formula is C22H22ClN5O. The van der Waals surface area contributed by atoms with Crippen molar-refractivity contribution in [2.45, 2.75) is 33.0 Å². The van der Waals surface area contributed by atoms with Gasteiger partial charge in [0.1, 0.15) is 0 Å². The normalized spacial score (nSPS) is 19.9. The van der Waals surface area contributed by atoms with Crippen LogP contribution in [0.15, 0.2) is 42.5 Å². The summed E-state index contributed by atoms with van der Waals surface area (Å²) in [5, 5.41) is 10.7. The van der Waals surface area contributed by atoms with E-state index in [-0.39, 0.29) is 12.2 Å². The van der Waals surface area contributed by atoms with Crippen LogP contribution >= 0.6 is 11.6 Å². The molecule has 148 valence electrons. The summed E-state index contributed by atoms with van der Waals surface area (Å²) in [4.78, 5) is 7.29. The number of morpholine rings is 1. The van der Waals surface area contributed by atoms with E-state index in [1.54, 1.807) is 0 Å². The molecule has 6 nitrogen and oxygen atoms in total. The van der Waals surface area contributed by atoms with Crippen LogP contribution in [-0.4, -0.2) is 44.9 Å². The Hall–Kier alpha value is -2.70. The van der Waals surface area contributed by atoms with E-state index in [4.69, 9.17) is 21.3 Å². The Morgan fingerprint density at radius 3 is 2.55 bits per heavy atom. The number of benzene rings is 2. The summed E-state index contributed by atoms with van der Waals surface area (Å²) in [5.74, 6) is 1.52. The zero-order valence-electron chi connectivity index (χ0n) is 16.6. The van der Waals surface area contributed by atoms with E-state index in [0.717, 1.165) is 46.7 Å². The van der Waals surface area contributed by atoms with Crippen LogP contribution in [0, 0.1) is 6.92 Å². The molecule has 5 rings (SSSR count). The number of nitrogens with zero attached hydrogens (tertiary/aromatic N) is 5. The molecule has 0 spiro atoms. The summed E-state index contributed by atoms with van der Waals surface area (Å²) in [6.45, 7) is 7.76. The number of hydrogen-bond acceptors (Lipinski definition) is 5. The van der Waals surface area contributed by atoms with E-state index < -0.39 is 0 Å². The Kier molecular flexibility index (Phi) is 4.41. The molecule has 0 saturated carbocycles. The van der Waals surface area contributed by atoms with E-state index in [2.05, 4.69) is 48.0 Å². The molecule has 1 fully saturated rings. The third kappa shape index (κ3) is 3.12. The fourth-order valence-corrected chi connectivity index (χ4v) is 4.32. The van der Waals surface area contributed by atoms with Gasteiger partial charge < -0.3 is 9.64 Å². The summed E-state index contributed by atoms with van der Waals surface area (Å²) in [7, 11) is 0. The van der Waals surface area contributed by atoms with Crippen LogP contribution in [0.5, 0.6) is 0 Å². The zero-order chi connectivity index (χ0) is 20.1. The molecule has 1 aliphatic rings. The van der Waals surface area contributed by atoms with Crippen LogP contribution in [-0.2, 0) is 4.74 Å². The molecule has 3 heterocycles. The Morgan fingerprint density at radius 2 is 1.79 bits per heavy atom. The van der Waals surface area contributed by atoms with Gasteiger partial charge in [-0.05, 0) is 45.0 Å².